The number of nitrogens with zero attached hydrogens (tertiary/aromatic N) is 3. The molecular formula is C14H24N4O3. The maximum absolute atomic E-state index is 11.9. The number of nitrogens with one attached hydrogen (secondary N) is 1. The number of likely N-dealkylation sites (N-methyl/N-ethyl adjacent to an activating group) is 1. The summed E-state index contributed by atoms with van der Waals surface area (Å²) in [7, 11) is 3.86. The lowest BCUT2D eigenvalue weighted by atomic mass is 10.2. The molecule has 2 N–H and O–H groups in total. The van der Waals surface area contributed by atoms with Gasteiger partial charge in [0.05, 0.1) is 6.54 Å². The van der Waals surface area contributed by atoms with Crippen molar-refractivity contribution in [2.75, 3.05) is 27.2 Å². The first-order chi connectivity index (χ1) is 9.88. The highest BCUT2D eigenvalue weighted by atomic mass is 16.3. The van der Waals surface area contributed by atoms with Gasteiger partial charge in [-0.2, -0.15) is 0 Å². The van der Waals surface area contributed by atoms with Gasteiger partial charge in [-0.15, -0.1) is 0 Å². The Kier molecular flexibility index (Phi) is 6.36. The van der Waals surface area contributed by atoms with Crippen LogP contribution >= 0.6 is 0 Å². The van der Waals surface area contributed by atoms with Crippen molar-refractivity contribution >= 4 is 5.71 Å². The summed E-state index contributed by atoms with van der Waals surface area (Å²) >= 11 is 0. The number of aromatic amines is 1. The highest BCUT2D eigenvalue weighted by Crippen LogP contribution is 2.12. The minimum absolute atomic E-state index is 0.0736. The average Bonchev–Trinajstić information content (AvgIpc) is 2.37. The number of unbranched alkanes of at least 4 members (excludes halogenated alkanes) is 1. The summed E-state index contributed by atoms with van der Waals surface area (Å²) in [6, 6.07) is 0. The number of aromatic hydroxyl groups is 1. The topological polar surface area (TPSA) is 90.7 Å². The molecule has 1 aromatic heterocycles. The predicted octanol–water partition coefficient (Wildman–Crippen LogP) is 0.413. The van der Waals surface area contributed by atoms with Gasteiger partial charge in [0, 0.05) is 18.8 Å². The van der Waals surface area contributed by atoms with Crippen molar-refractivity contribution < 1.29 is 5.11 Å². The maximum atomic E-state index is 11.9. The van der Waals surface area contributed by atoms with Crippen molar-refractivity contribution in [2.45, 2.75) is 33.2 Å². The summed E-state index contributed by atoms with van der Waals surface area (Å²) in [5.74, 6) is -0.302. The summed E-state index contributed by atoms with van der Waals surface area (Å²) < 4.78 is 1.19. The Morgan fingerprint density at radius 2 is 2.05 bits per heavy atom. The Labute approximate surface area is 124 Å². The van der Waals surface area contributed by atoms with E-state index in [0.29, 0.717) is 18.8 Å². The van der Waals surface area contributed by atoms with Crippen LogP contribution in [0.4, 0.5) is 0 Å². The van der Waals surface area contributed by atoms with Gasteiger partial charge in [0.25, 0.3) is 5.56 Å². The fourth-order valence-corrected chi connectivity index (χ4v) is 1.91. The lowest BCUT2D eigenvalue weighted by Gasteiger charge is -2.11. The molecule has 0 aliphatic rings. The second-order valence-corrected chi connectivity index (χ2v) is 5.23. The molecule has 0 fully saturated rings. The fraction of sp³-hybridized carbons (Fsp3) is 0.643. The van der Waals surface area contributed by atoms with Crippen LogP contribution in [0.25, 0.3) is 0 Å². The summed E-state index contributed by atoms with van der Waals surface area (Å²) in [5.41, 5.74) is -0.683. The molecule has 0 radical (unpaired) electrons. The molecule has 21 heavy (non-hydrogen) atoms. The van der Waals surface area contributed by atoms with Crippen LogP contribution < -0.4 is 11.2 Å². The Morgan fingerprint density at radius 1 is 1.38 bits per heavy atom. The van der Waals surface area contributed by atoms with Crippen molar-refractivity contribution in [3.05, 3.63) is 26.4 Å². The zero-order chi connectivity index (χ0) is 16.0. The van der Waals surface area contributed by atoms with E-state index in [1.165, 1.54) is 4.57 Å². The number of rotatable bonds is 7. The zero-order valence-corrected chi connectivity index (χ0v) is 13.1. The number of hydrogen-bond donors (Lipinski definition) is 2. The summed E-state index contributed by atoms with van der Waals surface area (Å²) in [5, 5.41) is 10.2. The lowest BCUT2D eigenvalue weighted by Crippen LogP contribution is -2.33. The van der Waals surface area contributed by atoms with Gasteiger partial charge in [0.1, 0.15) is 5.56 Å². The van der Waals surface area contributed by atoms with E-state index in [4.69, 9.17) is 0 Å². The van der Waals surface area contributed by atoms with Crippen LogP contribution in [0.1, 0.15) is 32.3 Å². The fourth-order valence-electron chi connectivity index (χ4n) is 1.91. The third kappa shape index (κ3) is 4.56. The molecule has 1 heterocycles. The molecule has 1 rings (SSSR count). The molecule has 0 bridgehead atoms. The van der Waals surface area contributed by atoms with Gasteiger partial charge in [-0.05, 0) is 27.4 Å². The number of hydrogen-bond acceptors (Lipinski definition) is 5. The van der Waals surface area contributed by atoms with Crippen molar-refractivity contribution in [1.29, 1.82) is 0 Å². The Balaban J connectivity index is 3.17. The first-order valence-electron chi connectivity index (χ1n) is 7.10. The molecule has 0 aliphatic heterocycles. The van der Waals surface area contributed by atoms with Gasteiger partial charge in [0.2, 0.25) is 5.88 Å². The summed E-state index contributed by atoms with van der Waals surface area (Å²) in [4.78, 5) is 32.2. The normalized spacial score (nSPS) is 12.1. The minimum atomic E-state index is -0.601. The van der Waals surface area contributed by atoms with Crippen LogP contribution in [0.2, 0.25) is 0 Å². The van der Waals surface area contributed by atoms with Crippen LogP contribution in [-0.2, 0) is 6.54 Å². The highest BCUT2D eigenvalue weighted by Gasteiger charge is 2.16. The molecule has 0 amide bonds. The number of aliphatic imine (C=N–C) groups is 1. The minimum Gasteiger partial charge on any atom is -0.494 e. The smallest absolute Gasteiger partial charge is 0.331 e. The molecular weight excluding hydrogens is 272 g/mol. The molecule has 118 valence electrons. The van der Waals surface area contributed by atoms with E-state index in [-0.39, 0.29) is 11.4 Å². The standard InChI is InChI=1S/C14H24N4O3/c1-5-6-8-18-13(20)11(12(19)16-14(18)21)10(2)15-7-9-17(3)4/h20H,5-9H2,1-4H3,(H,16,19,21). The highest BCUT2D eigenvalue weighted by molar-refractivity contribution is 6.00. The number of H-pyrrole nitrogens is 1. The van der Waals surface area contributed by atoms with Gasteiger partial charge in [-0.25, -0.2) is 4.79 Å². The Bertz CT molecular complexity index is 614. The quantitative estimate of drug-likeness (QED) is 0.713. The van der Waals surface area contributed by atoms with Crippen molar-refractivity contribution in [3.63, 3.8) is 0 Å². The van der Waals surface area contributed by atoms with Crippen LogP contribution in [0, 0.1) is 0 Å². The largest absolute Gasteiger partial charge is 0.494 e. The Morgan fingerprint density at radius 3 is 2.62 bits per heavy atom. The zero-order valence-electron chi connectivity index (χ0n) is 13.1. The molecule has 7 nitrogen and oxygen atoms in total. The molecule has 0 unspecified atom stereocenters. The van der Waals surface area contributed by atoms with Crippen molar-refractivity contribution in [1.82, 2.24) is 14.5 Å². The van der Waals surface area contributed by atoms with Crippen LogP contribution in [-0.4, -0.2) is 52.5 Å². The summed E-state index contributed by atoms with van der Waals surface area (Å²) in [6.07, 6.45) is 1.63. The van der Waals surface area contributed by atoms with E-state index in [1.807, 2.05) is 25.9 Å². The molecule has 0 aliphatic carbocycles. The number of aromatic nitrogens is 2. The van der Waals surface area contributed by atoms with Gasteiger partial charge < -0.3 is 10.0 Å². The van der Waals surface area contributed by atoms with E-state index in [9.17, 15) is 14.7 Å². The second kappa shape index (κ2) is 7.78. The molecule has 7 heteroatoms. The molecule has 1 aromatic rings. The van der Waals surface area contributed by atoms with Gasteiger partial charge in [-0.1, -0.05) is 13.3 Å². The van der Waals surface area contributed by atoms with E-state index < -0.39 is 11.2 Å². The van der Waals surface area contributed by atoms with E-state index in [0.717, 1.165) is 19.4 Å². The molecule has 0 spiro atoms. The van der Waals surface area contributed by atoms with Crippen LogP contribution in [0.15, 0.2) is 14.6 Å². The molecule has 0 saturated heterocycles. The van der Waals surface area contributed by atoms with Crippen molar-refractivity contribution in [3.8, 4) is 5.88 Å². The summed E-state index contributed by atoms with van der Waals surface area (Å²) in [6.45, 7) is 5.28. The molecule has 0 aromatic carbocycles. The average molecular weight is 296 g/mol. The first-order valence-corrected chi connectivity index (χ1v) is 7.10. The predicted molar refractivity (Wildman–Crippen MR) is 83.5 cm³/mol. The monoisotopic (exact) mass is 296 g/mol. The van der Waals surface area contributed by atoms with E-state index in [1.54, 1.807) is 6.92 Å². The maximum Gasteiger partial charge on any atom is 0.331 e. The third-order valence-electron chi connectivity index (χ3n) is 3.17. The molecule has 0 atom stereocenters. The van der Waals surface area contributed by atoms with E-state index in [2.05, 4.69) is 9.98 Å². The van der Waals surface area contributed by atoms with Crippen molar-refractivity contribution in [2.24, 2.45) is 4.99 Å². The lowest BCUT2D eigenvalue weighted by molar-refractivity contribution is 0.394. The van der Waals surface area contributed by atoms with Crippen LogP contribution in [0.5, 0.6) is 5.88 Å². The van der Waals surface area contributed by atoms with Crippen LogP contribution in [0.3, 0.4) is 0 Å². The van der Waals surface area contributed by atoms with Gasteiger partial charge in [0.15, 0.2) is 0 Å². The molecule has 0 saturated carbocycles. The third-order valence-corrected chi connectivity index (χ3v) is 3.17. The van der Waals surface area contributed by atoms with E-state index >= 15 is 0 Å². The Hall–Kier alpha value is -1.89. The SMILES string of the molecule is CCCCn1c(O)c(C(C)=NCCN(C)C)c(=O)[nH]c1=O. The van der Waals surface area contributed by atoms with Gasteiger partial charge in [-0.3, -0.25) is 19.3 Å². The second-order valence-electron chi connectivity index (χ2n) is 5.23. The van der Waals surface area contributed by atoms with Gasteiger partial charge >= 0.3 is 5.69 Å². The first kappa shape index (κ1) is 17.2.